The summed E-state index contributed by atoms with van der Waals surface area (Å²) in [5.41, 5.74) is 0. The number of likely N-dealkylation sites (N-methyl/N-ethyl adjacent to an activating group) is 1. The number of quaternary nitrogens is 1. The molecule has 0 aromatic heterocycles. The van der Waals surface area contributed by atoms with E-state index in [2.05, 4.69) is 62.5 Å². The Labute approximate surface area is 548 Å². The molecule has 0 aromatic carbocycles. The summed E-state index contributed by atoms with van der Waals surface area (Å²) >= 11 is 0. The number of nitrogens with one attached hydrogen (secondary N) is 1. The summed E-state index contributed by atoms with van der Waals surface area (Å²) in [5, 5.41) is 3.06. The van der Waals surface area contributed by atoms with Crippen molar-refractivity contribution in [1.29, 1.82) is 0 Å². The number of carbonyl (C=O) groups is 2. The van der Waals surface area contributed by atoms with E-state index in [0.717, 1.165) is 64.2 Å². The second-order valence-electron chi connectivity index (χ2n) is 27.5. The van der Waals surface area contributed by atoms with E-state index >= 15 is 0 Å². The summed E-state index contributed by atoms with van der Waals surface area (Å²) in [6, 6.07) is -0.887. The van der Waals surface area contributed by atoms with E-state index in [1.165, 1.54) is 289 Å². The standard InChI is InChI=1S/C78H149N2O7P/c1-7-10-13-16-19-22-25-28-30-32-34-36-38-39-40-41-43-45-47-49-51-53-56-59-62-65-68-71-78(82)87-76(69-66-63-60-57-54-27-24-21-18-15-12-9-3)75(74-86-88(83,84)85-73-72-80(4,5)6)79-77(81)70-67-64-61-58-55-52-50-48-46-44-42-37-35-33-31-29-26-23-20-17-14-11-8-2/h19,22,28-31,66,69,75-76H,7-18,20-21,23-27,32-65,67-68,70-74H2,1-6H3,(H-,79,81,83,84)/b22-19-,30-28-,31-29+,69-66+. The Morgan fingerprint density at radius 1 is 0.398 bits per heavy atom. The highest BCUT2D eigenvalue weighted by atomic mass is 31.2. The highest BCUT2D eigenvalue weighted by Gasteiger charge is 2.27. The van der Waals surface area contributed by atoms with E-state index < -0.39 is 20.0 Å². The molecule has 0 aliphatic rings. The highest BCUT2D eigenvalue weighted by Crippen LogP contribution is 2.38. The third kappa shape index (κ3) is 68.3. The van der Waals surface area contributed by atoms with E-state index in [4.69, 9.17) is 13.8 Å². The van der Waals surface area contributed by atoms with Gasteiger partial charge in [-0.2, -0.15) is 0 Å². The van der Waals surface area contributed by atoms with Crippen LogP contribution in [-0.4, -0.2) is 69.4 Å². The van der Waals surface area contributed by atoms with Crippen LogP contribution >= 0.6 is 7.82 Å². The number of phosphoric acid groups is 1. The predicted octanol–water partition coefficient (Wildman–Crippen LogP) is 24.1. The lowest BCUT2D eigenvalue weighted by atomic mass is 10.0. The lowest BCUT2D eigenvalue weighted by Gasteiger charge is -2.30. The van der Waals surface area contributed by atoms with Crippen molar-refractivity contribution < 1.29 is 37.3 Å². The van der Waals surface area contributed by atoms with Gasteiger partial charge in [0.1, 0.15) is 19.3 Å². The van der Waals surface area contributed by atoms with Crippen LogP contribution in [0.2, 0.25) is 0 Å². The van der Waals surface area contributed by atoms with Crippen molar-refractivity contribution >= 4 is 19.7 Å². The molecule has 1 amide bonds. The van der Waals surface area contributed by atoms with Crippen LogP contribution in [0.15, 0.2) is 48.6 Å². The number of hydrogen-bond acceptors (Lipinski definition) is 7. The summed E-state index contributed by atoms with van der Waals surface area (Å²) < 4.78 is 30.5. The Bertz CT molecular complexity index is 1640. The fourth-order valence-corrected chi connectivity index (χ4v) is 12.3. The topological polar surface area (TPSA) is 114 Å². The van der Waals surface area contributed by atoms with Crippen molar-refractivity contribution in [3.05, 3.63) is 48.6 Å². The van der Waals surface area contributed by atoms with Crippen LogP contribution in [0.1, 0.15) is 387 Å². The number of esters is 1. The van der Waals surface area contributed by atoms with Gasteiger partial charge in [0.15, 0.2) is 0 Å². The van der Waals surface area contributed by atoms with Crippen LogP contribution < -0.4 is 10.2 Å². The van der Waals surface area contributed by atoms with Crippen molar-refractivity contribution in [2.45, 2.75) is 399 Å². The number of ether oxygens (including phenoxy) is 1. The van der Waals surface area contributed by atoms with E-state index in [1.54, 1.807) is 0 Å². The minimum atomic E-state index is -4.70. The van der Waals surface area contributed by atoms with Gasteiger partial charge >= 0.3 is 5.97 Å². The second kappa shape index (κ2) is 67.8. The molecule has 0 bridgehead atoms. The third-order valence-electron chi connectivity index (χ3n) is 17.5. The second-order valence-corrected chi connectivity index (χ2v) is 28.9. The van der Waals surface area contributed by atoms with Gasteiger partial charge in [0, 0.05) is 12.8 Å². The molecule has 3 atom stereocenters. The zero-order chi connectivity index (χ0) is 64.2. The molecule has 0 saturated carbocycles. The maximum atomic E-state index is 13.6. The van der Waals surface area contributed by atoms with Crippen LogP contribution in [0.4, 0.5) is 0 Å². The van der Waals surface area contributed by atoms with Crippen molar-refractivity contribution in [1.82, 2.24) is 5.32 Å². The fourth-order valence-electron chi connectivity index (χ4n) is 11.6. The first-order valence-electron chi connectivity index (χ1n) is 38.4. The van der Waals surface area contributed by atoms with Crippen LogP contribution in [0.5, 0.6) is 0 Å². The SMILES string of the molecule is CCCCC/C=C\C/C=C\CCCCCCCCCCCCCCCCCCCC(=O)OC(/C=C/CCCCCCCCCCCC)C(COP(=O)([O-])OCC[N+](C)(C)C)NC(=O)CCCCCCCCCCCCCCC/C=C/CCCCCCCC. The number of unbranched alkanes of at least 4 members (excludes halogenated alkanes) is 49. The molecule has 10 heteroatoms. The molecule has 0 heterocycles. The Hall–Kier alpha value is -2.03. The average molecular weight is 1260 g/mol. The summed E-state index contributed by atoms with van der Waals surface area (Å²) in [4.78, 5) is 40.3. The van der Waals surface area contributed by atoms with Crippen molar-refractivity contribution in [2.75, 3.05) is 40.9 Å². The molecule has 0 aromatic rings. The summed E-state index contributed by atoms with van der Waals surface area (Å²) in [5.74, 6) is -0.521. The molecule has 0 saturated heterocycles. The number of carbonyl (C=O) groups excluding carboxylic acids is 2. The number of phosphoric ester groups is 1. The fraction of sp³-hybridized carbons (Fsp3) is 0.872. The molecule has 518 valence electrons. The molecule has 1 N–H and O–H groups in total. The number of hydrogen-bond donors (Lipinski definition) is 1. The van der Waals surface area contributed by atoms with Gasteiger partial charge in [-0.3, -0.25) is 14.2 Å². The third-order valence-corrected chi connectivity index (χ3v) is 18.4. The quantitative estimate of drug-likeness (QED) is 0.0212. The molecule has 0 aliphatic carbocycles. The van der Waals surface area contributed by atoms with Gasteiger partial charge in [0.05, 0.1) is 33.8 Å². The highest BCUT2D eigenvalue weighted by molar-refractivity contribution is 7.45. The monoisotopic (exact) mass is 1260 g/mol. The summed E-state index contributed by atoms with van der Waals surface area (Å²) in [6.07, 6.45) is 86.8. The van der Waals surface area contributed by atoms with Crippen molar-refractivity contribution in [2.24, 2.45) is 0 Å². The normalized spacial score (nSPS) is 13.7. The molecule has 3 unspecified atom stereocenters. The Morgan fingerprint density at radius 3 is 1.06 bits per heavy atom. The average Bonchev–Trinajstić information content (AvgIpc) is 3.61. The first kappa shape index (κ1) is 86.0. The van der Waals surface area contributed by atoms with Crippen molar-refractivity contribution in [3.8, 4) is 0 Å². The minimum absolute atomic E-state index is 0.0200. The zero-order valence-electron chi connectivity index (χ0n) is 59.5. The molecule has 0 radical (unpaired) electrons. The first-order valence-corrected chi connectivity index (χ1v) is 39.9. The molecular formula is C78H149N2O7P. The Morgan fingerprint density at radius 2 is 0.693 bits per heavy atom. The minimum Gasteiger partial charge on any atom is -0.756 e. The number of allylic oxidation sites excluding steroid dienone is 7. The maximum Gasteiger partial charge on any atom is 0.306 e. The molecule has 88 heavy (non-hydrogen) atoms. The van der Waals surface area contributed by atoms with Gasteiger partial charge in [0.2, 0.25) is 5.91 Å². The number of nitrogens with zero attached hydrogens (tertiary/aromatic N) is 1. The van der Waals surface area contributed by atoms with Crippen molar-refractivity contribution in [3.63, 3.8) is 0 Å². The van der Waals surface area contributed by atoms with Gasteiger partial charge in [-0.25, -0.2) is 0 Å². The van der Waals surface area contributed by atoms with Crippen LogP contribution in [0.3, 0.4) is 0 Å². The maximum absolute atomic E-state index is 13.6. The van der Waals surface area contributed by atoms with Crippen LogP contribution in [0.25, 0.3) is 0 Å². The smallest absolute Gasteiger partial charge is 0.306 e. The number of amides is 1. The lowest BCUT2D eigenvalue weighted by molar-refractivity contribution is -0.870. The Balaban J connectivity index is 4.93. The largest absolute Gasteiger partial charge is 0.756 e. The lowest BCUT2D eigenvalue weighted by Crippen LogP contribution is -2.47. The number of rotatable bonds is 71. The first-order chi connectivity index (χ1) is 42.9. The van der Waals surface area contributed by atoms with Gasteiger partial charge in [-0.15, -0.1) is 0 Å². The van der Waals surface area contributed by atoms with Gasteiger partial charge < -0.3 is 28.5 Å². The summed E-state index contributed by atoms with van der Waals surface area (Å²) in [7, 11) is 1.20. The van der Waals surface area contributed by atoms with Gasteiger partial charge in [-0.1, -0.05) is 333 Å². The Kier molecular flexibility index (Phi) is 66.3. The molecule has 9 nitrogen and oxygen atoms in total. The van der Waals surface area contributed by atoms with E-state index in [-0.39, 0.29) is 31.5 Å². The van der Waals surface area contributed by atoms with Gasteiger partial charge in [0.25, 0.3) is 7.82 Å². The molecule has 0 rings (SSSR count). The van der Waals surface area contributed by atoms with E-state index in [9.17, 15) is 19.0 Å². The molecule has 0 spiro atoms. The van der Waals surface area contributed by atoms with Crippen LogP contribution in [0, 0.1) is 0 Å². The predicted molar refractivity (Wildman–Crippen MR) is 381 cm³/mol. The molecular weight excluding hydrogens is 1110 g/mol. The summed E-state index contributed by atoms with van der Waals surface area (Å²) in [6.45, 7) is 6.88. The molecule has 0 fully saturated rings. The van der Waals surface area contributed by atoms with Gasteiger partial charge in [-0.05, 0) is 89.5 Å². The molecule has 0 aliphatic heterocycles. The van der Waals surface area contributed by atoms with E-state index in [0.29, 0.717) is 17.4 Å². The van der Waals surface area contributed by atoms with E-state index in [1.807, 2.05) is 33.3 Å². The van der Waals surface area contributed by atoms with Crippen LogP contribution in [-0.2, 0) is 27.9 Å². The zero-order valence-corrected chi connectivity index (χ0v) is 60.3.